The van der Waals surface area contributed by atoms with E-state index >= 15 is 0 Å². The Labute approximate surface area is 216 Å². The Balaban J connectivity index is 1.50. The summed E-state index contributed by atoms with van der Waals surface area (Å²) in [7, 11) is 0. The highest BCUT2D eigenvalue weighted by Gasteiger charge is 2.16. The molecule has 0 N–H and O–H groups in total. The van der Waals surface area contributed by atoms with E-state index in [4.69, 9.17) is 18.9 Å². The molecule has 0 aliphatic rings. The van der Waals surface area contributed by atoms with Crippen molar-refractivity contribution in [2.24, 2.45) is 0 Å². The summed E-state index contributed by atoms with van der Waals surface area (Å²) in [6.07, 6.45) is 8.91. The zero-order valence-electron chi connectivity index (χ0n) is 22.9. The molecular formula is C30H44F2O4. The predicted octanol–water partition coefficient (Wildman–Crippen LogP) is 8.90. The van der Waals surface area contributed by atoms with Crippen molar-refractivity contribution in [2.75, 3.05) is 13.2 Å². The molecule has 0 saturated heterocycles. The van der Waals surface area contributed by atoms with Crippen LogP contribution < -0.4 is 18.9 Å². The van der Waals surface area contributed by atoms with Gasteiger partial charge in [0, 0.05) is 12.1 Å². The van der Waals surface area contributed by atoms with Crippen LogP contribution in [0.2, 0.25) is 0 Å². The predicted molar refractivity (Wildman–Crippen MR) is 141 cm³/mol. The van der Waals surface area contributed by atoms with Crippen molar-refractivity contribution in [3.05, 3.63) is 48.0 Å². The van der Waals surface area contributed by atoms with Gasteiger partial charge in [0.15, 0.2) is 23.1 Å². The molecular weight excluding hydrogens is 462 g/mol. The van der Waals surface area contributed by atoms with Gasteiger partial charge in [-0.25, -0.2) is 8.78 Å². The average molecular weight is 507 g/mol. The molecule has 0 amide bonds. The van der Waals surface area contributed by atoms with Gasteiger partial charge in [0.25, 0.3) is 0 Å². The lowest BCUT2D eigenvalue weighted by Crippen LogP contribution is -2.23. The molecule has 0 spiro atoms. The first kappa shape index (κ1) is 29.7. The van der Waals surface area contributed by atoms with Crippen molar-refractivity contribution in [3.63, 3.8) is 0 Å². The van der Waals surface area contributed by atoms with Crippen LogP contribution in [0.1, 0.15) is 92.9 Å². The van der Waals surface area contributed by atoms with Crippen LogP contribution in [0.15, 0.2) is 36.4 Å². The number of ether oxygens (including phenoxy) is 4. The lowest BCUT2D eigenvalue weighted by Gasteiger charge is -2.22. The summed E-state index contributed by atoms with van der Waals surface area (Å²) in [5.74, 6) is 0.968. The van der Waals surface area contributed by atoms with E-state index in [1.807, 2.05) is 41.5 Å². The maximum atomic E-state index is 13.9. The number of hydrogen-bond acceptors (Lipinski definition) is 4. The van der Waals surface area contributed by atoms with Gasteiger partial charge in [-0.15, -0.1) is 0 Å². The molecule has 0 aromatic heterocycles. The van der Waals surface area contributed by atoms with Gasteiger partial charge in [-0.3, -0.25) is 0 Å². The van der Waals surface area contributed by atoms with Gasteiger partial charge in [0.1, 0.15) is 22.7 Å². The third-order valence-corrected chi connectivity index (χ3v) is 5.21. The molecule has 0 aliphatic heterocycles. The molecule has 0 atom stereocenters. The summed E-state index contributed by atoms with van der Waals surface area (Å²) in [6, 6.07) is 9.31. The first-order chi connectivity index (χ1) is 16.9. The first-order valence-corrected chi connectivity index (χ1v) is 13.2. The normalized spacial score (nSPS) is 11.9. The van der Waals surface area contributed by atoms with Crippen LogP contribution in [0.3, 0.4) is 0 Å². The molecule has 4 nitrogen and oxygen atoms in total. The van der Waals surface area contributed by atoms with Crippen LogP contribution in [0.5, 0.6) is 23.0 Å². The Morgan fingerprint density at radius 3 is 1.19 bits per heavy atom. The molecule has 2 aromatic rings. The molecule has 2 aromatic carbocycles. The van der Waals surface area contributed by atoms with Crippen molar-refractivity contribution in [1.82, 2.24) is 0 Å². The van der Waals surface area contributed by atoms with Gasteiger partial charge in [-0.05, 0) is 78.6 Å². The Hall–Kier alpha value is -2.50. The second-order valence-corrected chi connectivity index (χ2v) is 11.1. The van der Waals surface area contributed by atoms with E-state index in [0.717, 1.165) is 25.7 Å². The monoisotopic (exact) mass is 506 g/mol. The molecule has 202 valence electrons. The minimum Gasteiger partial charge on any atom is -0.493 e. The fourth-order valence-electron chi connectivity index (χ4n) is 3.61. The lowest BCUT2D eigenvalue weighted by molar-refractivity contribution is 0.123. The zero-order chi connectivity index (χ0) is 26.6. The standard InChI is InChI=1S/C30H44F2O4/c1-29(2,3)35-27-21-23(15-17-25(27)31)33-19-13-11-9-7-8-10-12-14-20-34-24-16-18-26(32)28(22-24)36-30(4,5)6/h15-18,21-22H,7-14,19-20H2,1-6H3. The largest absolute Gasteiger partial charge is 0.493 e. The maximum Gasteiger partial charge on any atom is 0.165 e. The van der Waals surface area contributed by atoms with Gasteiger partial charge < -0.3 is 18.9 Å². The third kappa shape index (κ3) is 12.5. The topological polar surface area (TPSA) is 36.9 Å². The Morgan fingerprint density at radius 2 is 0.861 bits per heavy atom. The van der Waals surface area contributed by atoms with Crippen LogP contribution in [-0.4, -0.2) is 24.4 Å². The minimum atomic E-state index is -0.458. The highest BCUT2D eigenvalue weighted by molar-refractivity contribution is 5.35. The fraction of sp³-hybridized carbons (Fsp3) is 0.600. The van der Waals surface area contributed by atoms with Gasteiger partial charge in [0.05, 0.1) is 13.2 Å². The Bertz CT molecular complexity index is 841. The molecule has 6 heteroatoms. The summed E-state index contributed by atoms with van der Waals surface area (Å²) < 4.78 is 50.7. The van der Waals surface area contributed by atoms with Gasteiger partial charge in [0.2, 0.25) is 0 Å². The molecule has 36 heavy (non-hydrogen) atoms. The van der Waals surface area contributed by atoms with Crippen LogP contribution in [0.25, 0.3) is 0 Å². The molecule has 0 radical (unpaired) electrons. The summed E-state index contributed by atoms with van der Waals surface area (Å²) >= 11 is 0. The average Bonchev–Trinajstić information content (AvgIpc) is 2.76. The van der Waals surface area contributed by atoms with Crippen molar-refractivity contribution < 1.29 is 27.7 Å². The van der Waals surface area contributed by atoms with E-state index in [9.17, 15) is 8.78 Å². The zero-order valence-corrected chi connectivity index (χ0v) is 22.9. The summed E-state index contributed by atoms with van der Waals surface area (Å²) in [5.41, 5.74) is -0.916. The minimum absolute atomic E-state index is 0.224. The van der Waals surface area contributed by atoms with E-state index < -0.39 is 11.2 Å². The van der Waals surface area contributed by atoms with Crippen LogP contribution in [0.4, 0.5) is 8.78 Å². The fourth-order valence-corrected chi connectivity index (χ4v) is 3.61. The molecule has 0 aliphatic carbocycles. The smallest absolute Gasteiger partial charge is 0.165 e. The highest BCUT2D eigenvalue weighted by atomic mass is 19.1. The van der Waals surface area contributed by atoms with Gasteiger partial charge >= 0.3 is 0 Å². The number of hydrogen-bond donors (Lipinski definition) is 0. The van der Waals surface area contributed by atoms with Crippen molar-refractivity contribution >= 4 is 0 Å². The van der Waals surface area contributed by atoms with Gasteiger partial charge in [-0.1, -0.05) is 38.5 Å². The summed E-state index contributed by atoms with van der Waals surface area (Å²) in [5, 5.41) is 0. The molecule has 0 heterocycles. The summed E-state index contributed by atoms with van der Waals surface area (Å²) in [4.78, 5) is 0. The van der Waals surface area contributed by atoms with Crippen LogP contribution in [-0.2, 0) is 0 Å². The molecule has 0 fully saturated rings. The van der Waals surface area contributed by atoms with E-state index in [0.29, 0.717) is 24.7 Å². The Kier molecular flexibility index (Phi) is 11.8. The molecule has 0 bridgehead atoms. The van der Waals surface area contributed by atoms with Crippen molar-refractivity contribution in [1.29, 1.82) is 0 Å². The van der Waals surface area contributed by atoms with E-state index in [2.05, 4.69) is 0 Å². The first-order valence-electron chi connectivity index (χ1n) is 13.2. The number of benzene rings is 2. The lowest BCUT2D eigenvalue weighted by atomic mass is 10.1. The quantitative estimate of drug-likeness (QED) is 0.226. The van der Waals surface area contributed by atoms with Crippen LogP contribution >= 0.6 is 0 Å². The van der Waals surface area contributed by atoms with E-state index in [1.165, 1.54) is 37.8 Å². The van der Waals surface area contributed by atoms with Crippen molar-refractivity contribution in [3.8, 4) is 23.0 Å². The highest BCUT2D eigenvalue weighted by Crippen LogP contribution is 2.28. The maximum absolute atomic E-state index is 13.9. The van der Waals surface area contributed by atoms with Crippen molar-refractivity contribution in [2.45, 2.75) is 104 Å². The number of rotatable bonds is 15. The number of unbranched alkanes of at least 4 members (excludes halogenated alkanes) is 7. The van der Waals surface area contributed by atoms with E-state index in [1.54, 1.807) is 24.3 Å². The summed E-state index contributed by atoms with van der Waals surface area (Å²) in [6.45, 7) is 12.6. The second-order valence-electron chi connectivity index (χ2n) is 11.1. The molecule has 0 saturated carbocycles. The van der Waals surface area contributed by atoms with Crippen LogP contribution in [0, 0.1) is 11.6 Å². The molecule has 2 rings (SSSR count). The molecule has 0 unspecified atom stereocenters. The third-order valence-electron chi connectivity index (χ3n) is 5.21. The van der Waals surface area contributed by atoms with E-state index in [-0.39, 0.29) is 23.1 Å². The number of halogens is 2. The Morgan fingerprint density at radius 1 is 0.528 bits per heavy atom. The SMILES string of the molecule is CC(C)(C)Oc1cc(OCCCCCCCCCCOc2ccc(F)c(OC(C)(C)C)c2)ccc1F. The second kappa shape index (κ2) is 14.3. The van der Waals surface area contributed by atoms with Gasteiger partial charge in [-0.2, -0.15) is 0 Å².